The number of aromatic nitrogens is 1. The number of thiazole rings is 1. The summed E-state index contributed by atoms with van der Waals surface area (Å²) in [5.74, 6) is -0.450. The number of aliphatic hydroxyl groups excluding tert-OH is 1. The molecule has 0 saturated carbocycles. The molecule has 2 N–H and O–H groups in total. The Morgan fingerprint density at radius 1 is 1.19 bits per heavy atom. The van der Waals surface area contributed by atoms with E-state index in [-0.39, 0.29) is 30.4 Å². The average Bonchev–Trinajstić information content (AvgIpc) is 3.41. The van der Waals surface area contributed by atoms with Crippen LogP contribution in [0.25, 0.3) is 10.2 Å². The largest absolute Gasteiger partial charge is 0.486 e. The first kappa shape index (κ1) is 30.3. The standard InChI is InChI=1S/C31H32Cl2N4O4S/c1-18-14-37(19(2)17-38)31(40)21-7-6-9-25(34-29(39)30-35-24-8-4-5-10-27(24)42-30)28(21)41-26(18)16-36(3)15-20-11-12-22(32)23(33)13-20/h4-13,18-19,26,38H,14-17H2,1-3H3,(H,34,39)/t18-,19-,26+/m1/s1. The molecule has 8 nitrogen and oxygen atoms in total. The van der Waals surface area contributed by atoms with Crippen LogP contribution in [0.2, 0.25) is 10.0 Å². The van der Waals surface area contributed by atoms with E-state index in [1.807, 2.05) is 57.3 Å². The zero-order valence-electron chi connectivity index (χ0n) is 23.5. The lowest BCUT2D eigenvalue weighted by atomic mass is 9.98. The van der Waals surface area contributed by atoms with Gasteiger partial charge in [0, 0.05) is 25.6 Å². The molecule has 0 spiro atoms. The van der Waals surface area contributed by atoms with E-state index in [0.717, 1.165) is 15.8 Å². The third-order valence-electron chi connectivity index (χ3n) is 7.36. The van der Waals surface area contributed by atoms with E-state index < -0.39 is 6.04 Å². The third-order valence-corrected chi connectivity index (χ3v) is 9.13. The summed E-state index contributed by atoms with van der Waals surface area (Å²) in [5.41, 5.74) is 2.45. The summed E-state index contributed by atoms with van der Waals surface area (Å²) in [5, 5.41) is 14.2. The van der Waals surface area contributed by atoms with Gasteiger partial charge in [-0.1, -0.05) is 54.4 Å². The van der Waals surface area contributed by atoms with Gasteiger partial charge in [0.25, 0.3) is 11.8 Å². The fraction of sp³-hybridized carbons (Fsp3) is 0.323. The highest BCUT2D eigenvalue weighted by Gasteiger charge is 2.34. The van der Waals surface area contributed by atoms with Crippen molar-refractivity contribution < 1.29 is 19.4 Å². The molecule has 11 heteroatoms. The molecule has 2 amide bonds. The van der Waals surface area contributed by atoms with Gasteiger partial charge < -0.3 is 20.1 Å². The number of anilines is 1. The minimum Gasteiger partial charge on any atom is -0.486 e. The first-order valence-electron chi connectivity index (χ1n) is 13.7. The summed E-state index contributed by atoms with van der Waals surface area (Å²) >= 11 is 13.6. The molecule has 2 heterocycles. The lowest BCUT2D eigenvalue weighted by Gasteiger charge is -2.38. The SMILES string of the molecule is C[C@@H]1CN([C@H](C)CO)C(=O)c2cccc(NC(=O)c3nc4ccccc4s3)c2O[C@H]1CN(C)Cc1ccc(Cl)c(Cl)c1. The van der Waals surface area contributed by atoms with Crippen LogP contribution >= 0.6 is 34.5 Å². The number of likely N-dealkylation sites (N-methyl/N-ethyl adjacent to an activating group) is 1. The number of carbonyl (C=O) groups is 2. The molecule has 1 aliphatic rings. The maximum Gasteiger partial charge on any atom is 0.284 e. The van der Waals surface area contributed by atoms with Crippen molar-refractivity contribution in [1.82, 2.24) is 14.8 Å². The second kappa shape index (κ2) is 13.0. The highest BCUT2D eigenvalue weighted by atomic mass is 35.5. The van der Waals surface area contributed by atoms with Gasteiger partial charge in [-0.2, -0.15) is 0 Å². The second-order valence-corrected chi connectivity index (χ2v) is 12.5. The van der Waals surface area contributed by atoms with Crippen molar-refractivity contribution in [2.24, 2.45) is 5.92 Å². The zero-order valence-corrected chi connectivity index (χ0v) is 25.8. The fourth-order valence-electron chi connectivity index (χ4n) is 5.03. The molecular weight excluding hydrogens is 595 g/mol. The van der Waals surface area contributed by atoms with Crippen LogP contribution in [0, 0.1) is 5.92 Å². The fourth-order valence-corrected chi connectivity index (χ4v) is 6.21. The highest BCUT2D eigenvalue weighted by molar-refractivity contribution is 7.20. The predicted octanol–water partition coefficient (Wildman–Crippen LogP) is 6.21. The summed E-state index contributed by atoms with van der Waals surface area (Å²) in [6.45, 7) is 5.18. The zero-order chi connectivity index (χ0) is 30.0. The molecule has 3 atom stereocenters. The first-order valence-corrected chi connectivity index (χ1v) is 15.2. The summed E-state index contributed by atoms with van der Waals surface area (Å²) in [6.07, 6.45) is -0.349. The van der Waals surface area contributed by atoms with Crippen LogP contribution in [-0.4, -0.2) is 70.6 Å². The van der Waals surface area contributed by atoms with E-state index in [2.05, 4.69) is 15.2 Å². The number of para-hydroxylation sites is 2. The minimum atomic E-state index is -0.401. The van der Waals surface area contributed by atoms with Crippen LogP contribution in [0.3, 0.4) is 0 Å². The number of carbonyl (C=O) groups excluding carboxylic acids is 2. The van der Waals surface area contributed by atoms with Crippen molar-refractivity contribution in [3.05, 3.63) is 86.8 Å². The van der Waals surface area contributed by atoms with Gasteiger partial charge in [0.15, 0.2) is 10.8 Å². The average molecular weight is 628 g/mol. The number of ether oxygens (including phenoxy) is 1. The summed E-state index contributed by atoms with van der Waals surface area (Å²) in [6, 6.07) is 17.8. The topological polar surface area (TPSA) is 95.0 Å². The van der Waals surface area contributed by atoms with Gasteiger partial charge in [0.2, 0.25) is 0 Å². The Bertz CT molecular complexity index is 1580. The third kappa shape index (κ3) is 6.55. The van der Waals surface area contributed by atoms with Crippen LogP contribution in [0.1, 0.15) is 39.6 Å². The molecule has 0 fully saturated rings. The molecule has 42 heavy (non-hydrogen) atoms. The van der Waals surface area contributed by atoms with Crippen molar-refractivity contribution in [1.29, 1.82) is 0 Å². The quantitative estimate of drug-likeness (QED) is 0.241. The van der Waals surface area contributed by atoms with E-state index in [4.69, 9.17) is 27.9 Å². The maximum absolute atomic E-state index is 13.8. The Balaban J connectivity index is 1.46. The minimum absolute atomic E-state index is 0.0969. The number of benzene rings is 3. The molecule has 4 aromatic rings. The number of halogens is 2. The van der Waals surface area contributed by atoms with Crippen molar-refractivity contribution >= 4 is 62.3 Å². The Labute approximate surface area is 258 Å². The van der Waals surface area contributed by atoms with Gasteiger partial charge in [-0.05, 0) is 55.9 Å². The van der Waals surface area contributed by atoms with E-state index in [9.17, 15) is 14.7 Å². The lowest BCUT2D eigenvalue weighted by Crippen LogP contribution is -2.49. The number of nitrogens with one attached hydrogen (secondary N) is 1. The molecule has 220 valence electrons. The lowest BCUT2D eigenvalue weighted by molar-refractivity contribution is 0.0343. The number of hydrogen-bond donors (Lipinski definition) is 2. The molecule has 0 unspecified atom stereocenters. The van der Waals surface area contributed by atoms with E-state index in [0.29, 0.717) is 51.7 Å². The van der Waals surface area contributed by atoms with Crippen molar-refractivity contribution in [3.63, 3.8) is 0 Å². The summed E-state index contributed by atoms with van der Waals surface area (Å²) in [7, 11) is 1.98. The van der Waals surface area contributed by atoms with Gasteiger partial charge in [0.1, 0.15) is 6.10 Å². The van der Waals surface area contributed by atoms with Gasteiger partial charge >= 0.3 is 0 Å². The molecule has 5 rings (SSSR count). The number of fused-ring (bicyclic) bond motifs is 2. The van der Waals surface area contributed by atoms with Gasteiger partial charge in [-0.25, -0.2) is 4.98 Å². The molecule has 0 aliphatic carbocycles. The second-order valence-electron chi connectivity index (χ2n) is 10.7. The maximum atomic E-state index is 13.8. The first-order chi connectivity index (χ1) is 20.1. The number of nitrogens with zero attached hydrogens (tertiary/aromatic N) is 3. The van der Waals surface area contributed by atoms with E-state index in [1.54, 1.807) is 29.2 Å². The predicted molar refractivity (Wildman–Crippen MR) is 168 cm³/mol. The highest BCUT2D eigenvalue weighted by Crippen LogP contribution is 2.36. The van der Waals surface area contributed by atoms with E-state index >= 15 is 0 Å². The molecule has 0 saturated heterocycles. The van der Waals surface area contributed by atoms with Crippen LogP contribution in [-0.2, 0) is 6.54 Å². The van der Waals surface area contributed by atoms with Crippen molar-refractivity contribution in [3.8, 4) is 5.75 Å². The van der Waals surface area contributed by atoms with Crippen LogP contribution < -0.4 is 10.1 Å². The number of aliphatic hydroxyl groups is 1. The Kier molecular flexibility index (Phi) is 9.35. The van der Waals surface area contributed by atoms with Crippen LogP contribution in [0.4, 0.5) is 5.69 Å². The Hall–Kier alpha value is -3.21. The number of amides is 2. The van der Waals surface area contributed by atoms with Crippen LogP contribution in [0.5, 0.6) is 5.75 Å². The number of hydrogen-bond acceptors (Lipinski definition) is 7. The molecule has 1 aromatic heterocycles. The van der Waals surface area contributed by atoms with E-state index in [1.165, 1.54) is 11.3 Å². The molecule has 0 bridgehead atoms. The summed E-state index contributed by atoms with van der Waals surface area (Å²) < 4.78 is 7.54. The van der Waals surface area contributed by atoms with Gasteiger partial charge in [0.05, 0.1) is 44.2 Å². The molecule has 0 radical (unpaired) electrons. The van der Waals surface area contributed by atoms with Crippen LogP contribution in [0.15, 0.2) is 60.7 Å². The number of rotatable bonds is 8. The van der Waals surface area contributed by atoms with Gasteiger partial charge in [-0.15, -0.1) is 11.3 Å². The summed E-state index contributed by atoms with van der Waals surface area (Å²) in [4.78, 5) is 35.4. The van der Waals surface area contributed by atoms with Gasteiger partial charge in [-0.3, -0.25) is 14.5 Å². The van der Waals surface area contributed by atoms with Crippen molar-refractivity contribution in [2.45, 2.75) is 32.5 Å². The molecule has 3 aromatic carbocycles. The monoisotopic (exact) mass is 626 g/mol. The van der Waals surface area contributed by atoms with Crippen molar-refractivity contribution in [2.75, 3.05) is 32.1 Å². The Morgan fingerprint density at radius 2 is 1.98 bits per heavy atom. The Morgan fingerprint density at radius 3 is 2.71 bits per heavy atom. The smallest absolute Gasteiger partial charge is 0.284 e. The normalized spacial score (nSPS) is 17.9. The molecular formula is C31H32Cl2N4O4S. The molecule has 1 aliphatic heterocycles.